The van der Waals surface area contributed by atoms with Crippen molar-refractivity contribution in [2.45, 2.75) is 13.8 Å². The number of nitrogens with one attached hydrogen (secondary N) is 1. The summed E-state index contributed by atoms with van der Waals surface area (Å²) in [6, 6.07) is 1.73. The van der Waals surface area contributed by atoms with E-state index in [1.165, 1.54) is 16.2 Å². The first-order valence-corrected chi connectivity index (χ1v) is 7.53. The van der Waals surface area contributed by atoms with Crippen molar-refractivity contribution < 1.29 is 14.7 Å². The maximum absolute atomic E-state index is 12.3. The molecule has 1 aromatic heterocycles. The Morgan fingerprint density at radius 1 is 1.48 bits per heavy atom. The molecule has 5 nitrogen and oxygen atoms in total. The number of nitrogens with zero attached hydrogens (tertiary/aromatic N) is 1. The van der Waals surface area contributed by atoms with Crippen LogP contribution in [-0.2, 0) is 4.79 Å². The Morgan fingerprint density at radius 2 is 2.19 bits per heavy atom. The maximum Gasteiger partial charge on any atom is 0.265 e. The number of hydrogen-bond acceptors (Lipinski definition) is 4. The third kappa shape index (κ3) is 5.58. The van der Waals surface area contributed by atoms with Crippen molar-refractivity contribution in [3.8, 4) is 11.8 Å². The molecule has 0 aliphatic heterocycles. The van der Waals surface area contributed by atoms with Gasteiger partial charge in [-0.25, -0.2) is 0 Å². The summed E-state index contributed by atoms with van der Waals surface area (Å²) in [5.41, 5.74) is 0.577. The molecule has 0 aromatic carbocycles. The van der Waals surface area contributed by atoms with Crippen LogP contribution in [0.3, 0.4) is 0 Å². The standard InChI is InChI=1S/C15H20N2O3S/c1-11(2)9-16-13(19)10-17(3)15(20)14-12(5-4-7-18)6-8-21-14/h6,8,11,18H,7,9-10H2,1-3H3,(H,16,19). The fourth-order valence-electron chi connectivity index (χ4n) is 1.54. The number of hydrogen-bond donors (Lipinski definition) is 2. The topological polar surface area (TPSA) is 69.6 Å². The van der Waals surface area contributed by atoms with Crippen molar-refractivity contribution >= 4 is 23.2 Å². The van der Waals surface area contributed by atoms with E-state index in [1.807, 2.05) is 13.8 Å². The second-order valence-electron chi connectivity index (χ2n) is 4.98. The van der Waals surface area contributed by atoms with Gasteiger partial charge in [0.15, 0.2) is 0 Å². The molecule has 2 N–H and O–H groups in total. The van der Waals surface area contributed by atoms with Crippen LogP contribution < -0.4 is 5.32 Å². The first kappa shape index (κ1) is 17.2. The molecule has 0 spiro atoms. The molecule has 0 bridgehead atoms. The van der Waals surface area contributed by atoms with Crippen LogP contribution in [0.1, 0.15) is 29.1 Å². The number of likely N-dealkylation sites (N-methyl/N-ethyl adjacent to an activating group) is 1. The van der Waals surface area contributed by atoms with Gasteiger partial charge in [-0.15, -0.1) is 11.3 Å². The zero-order chi connectivity index (χ0) is 15.8. The average molecular weight is 308 g/mol. The summed E-state index contributed by atoms with van der Waals surface area (Å²) >= 11 is 1.27. The van der Waals surface area contributed by atoms with Crippen molar-refractivity contribution in [3.05, 3.63) is 21.9 Å². The monoisotopic (exact) mass is 308 g/mol. The van der Waals surface area contributed by atoms with Crippen LogP contribution in [0.5, 0.6) is 0 Å². The molecule has 0 unspecified atom stereocenters. The minimum Gasteiger partial charge on any atom is -0.384 e. The van der Waals surface area contributed by atoms with E-state index in [9.17, 15) is 9.59 Å². The normalized spacial score (nSPS) is 9.95. The van der Waals surface area contributed by atoms with E-state index >= 15 is 0 Å². The molecule has 21 heavy (non-hydrogen) atoms. The van der Waals surface area contributed by atoms with Gasteiger partial charge in [0.1, 0.15) is 11.5 Å². The number of carbonyl (C=O) groups excluding carboxylic acids is 2. The summed E-state index contributed by atoms with van der Waals surface area (Å²) in [4.78, 5) is 25.9. The van der Waals surface area contributed by atoms with Gasteiger partial charge in [-0.1, -0.05) is 25.7 Å². The number of aliphatic hydroxyl groups excluding tert-OH is 1. The van der Waals surface area contributed by atoms with Gasteiger partial charge >= 0.3 is 0 Å². The van der Waals surface area contributed by atoms with E-state index in [0.717, 1.165) is 0 Å². The summed E-state index contributed by atoms with van der Waals surface area (Å²) in [5, 5.41) is 13.2. The minimum atomic E-state index is -0.253. The summed E-state index contributed by atoms with van der Waals surface area (Å²) in [7, 11) is 1.58. The van der Waals surface area contributed by atoms with Crippen LogP contribution in [0.25, 0.3) is 0 Å². The molecular formula is C15H20N2O3S. The number of amides is 2. The number of rotatable bonds is 5. The van der Waals surface area contributed by atoms with Crippen LogP contribution in [-0.4, -0.2) is 48.6 Å². The minimum absolute atomic E-state index is 0.0102. The average Bonchev–Trinajstić information content (AvgIpc) is 2.90. The van der Waals surface area contributed by atoms with Crippen LogP contribution in [0.15, 0.2) is 11.4 Å². The molecule has 1 rings (SSSR count). The highest BCUT2D eigenvalue weighted by molar-refractivity contribution is 7.12. The van der Waals surface area contributed by atoms with Crippen molar-refractivity contribution in [3.63, 3.8) is 0 Å². The van der Waals surface area contributed by atoms with Crippen LogP contribution in [0.2, 0.25) is 0 Å². The van der Waals surface area contributed by atoms with Crippen molar-refractivity contribution in [2.75, 3.05) is 26.7 Å². The predicted molar refractivity (Wildman–Crippen MR) is 83.1 cm³/mol. The molecule has 1 aromatic rings. The van der Waals surface area contributed by atoms with E-state index in [4.69, 9.17) is 5.11 Å². The Labute approximate surface area is 129 Å². The third-order valence-electron chi connectivity index (χ3n) is 2.60. The molecule has 0 saturated heterocycles. The van der Waals surface area contributed by atoms with E-state index in [2.05, 4.69) is 17.2 Å². The van der Waals surface area contributed by atoms with Gasteiger partial charge in [-0.2, -0.15) is 0 Å². The number of thiophene rings is 1. The van der Waals surface area contributed by atoms with Crippen LogP contribution in [0, 0.1) is 17.8 Å². The van der Waals surface area contributed by atoms with Gasteiger partial charge in [0.05, 0.1) is 6.54 Å². The Hall–Kier alpha value is -1.84. The fraction of sp³-hybridized carbons (Fsp3) is 0.467. The predicted octanol–water partition coefficient (Wildman–Crippen LogP) is 0.936. The quantitative estimate of drug-likeness (QED) is 0.795. The highest BCUT2D eigenvalue weighted by atomic mass is 32.1. The largest absolute Gasteiger partial charge is 0.384 e. The Bertz CT molecular complexity index is 555. The summed E-state index contributed by atoms with van der Waals surface area (Å²) in [5.74, 6) is 5.20. The maximum atomic E-state index is 12.3. The lowest BCUT2D eigenvalue weighted by atomic mass is 10.2. The SMILES string of the molecule is CC(C)CNC(=O)CN(C)C(=O)c1sccc1C#CCO. The molecular weight excluding hydrogens is 288 g/mol. The highest BCUT2D eigenvalue weighted by Gasteiger charge is 2.18. The van der Waals surface area contributed by atoms with Gasteiger partial charge in [-0.05, 0) is 17.4 Å². The molecule has 0 aliphatic carbocycles. The summed E-state index contributed by atoms with van der Waals surface area (Å²) in [6.07, 6.45) is 0. The molecule has 6 heteroatoms. The van der Waals surface area contributed by atoms with Gasteiger partial charge < -0.3 is 15.3 Å². The molecule has 0 atom stereocenters. The zero-order valence-corrected chi connectivity index (χ0v) is 13.3. The summed E-state index contributed by atoms with van der Waals surface area (Å²) in [6.45, 7) is 4.36. The van der Waals surface area contributed by atoms with Crippen molar-refractivity contribution in [2.24, 2.45) is 5.92 Å². The molecule has 0 radical (unpaired) electrons. The molecule has 2 amide bonds. The fourth-order valence-corrected chi connectivity index (χ4v) is 2.39. The van der Waals surface area contributed by atoms with Crippen molar-refractivity contribution in [1.29, 1.82) is 0 Å². The van der Waals surface area contributed by atoms with E-state index in [1.54, 1.807) is 18.5 Å². The van der Waals surface area contributed by atoms with E-state index < -0.39 is 0 Å². The lowest BCUT2D eigenvalue weighted by Gasteiger charge is -2.16. The van der Waals surface area contributed by atoms with Gasteiger partial charge in [-0.3, -0.25) is 9.59 Å². The lowest BCUT2D eigenvalue weighted by molar-refractivity contribution is -0.121. The Morgan fingerprint density at radius 3 is 2.81 bits per heavy atom. The number of carbonyl (C=O) groups is 2. The van der Waals surface area contributed by atoms with Gasteiger partial charge in [0.25, 0.3) is 5.91 Å². The smallest absolute Gasteiger partial charge is 0.265 e. The first-order valence-electron chi connectivity index (χ1n) is 6.65. The molecule has 0 aliphatic rings. The Kier molecular flexibility index (Phi) is 6.92. The molecule has 1 heterocycles. The van der Waals surface area contributed by atoms with Gasteiger partial charge in [0, 0.05) is 19.2 Å². The zero-order valence-electron chi connectivity index (χ0n) is 12.5. The third-order valence-corrected chi connectivity index (χ3v) is 3.50. The molecule has 114 valence electrons. The second kappa shape index (κ2) is 8.45. The van der Waals surface area contributed by atoms with Crippen LogP contribution in [0.4, 0.5) is 0 Å². The first-order chi connectivity index (χ1) is 9.95. The second-order valence-corrected chi connectivity index (χ2v) is 5.90. The number of aliphatic hydroxyl groups is 1. The Balaban J connectivity index is 2.66. The highest BCUT2D eigenvalue weighted by Crippen LogP contribution is 2.17. The van der Waals surface area contributed by atoms with E-state index in [-0.39, 0.29) is 25.0 Å². The van der Waals surface area contributed by atoms with Crippen LogP contribution >= 0.6 is 11.3 Å². The van der Waals surface area contributed by atoms with Gasteiger partial charge in [0.2, 0.25) is 5.91 Å². The molecule has 0 fully saturated rings. The summed E-state index contributed by atoms with van der Waals surface area (Å²) < 4.78 is 0. The lowest BCUT2D eigenvalue weighted by Crippen LogP contribution is -2.39. The molecule has 0 saturated carbocycles. The van der Waals surface area contributed by atoms with E-state index in [0.29, 0.717) is 22.9 Å². The van der Waals surface area contributed by atoms with Crippen molar-refractivity contribution in [1.82, 2.24) is 10.2 Å².